The lowest BCUT2D eigenvalue weighted by molar-refractivity contribution is -0.145. The molecule has 0 unspecified atom stereocenters. The molecule has 0 radical (unpaired) electrons. The highest BCUT2D eigenvalue weighted by Gasteiger charge is 2.40. The van der Waals surface area contributed by atoms with Crippen LogP contribution in [0.25, 0.3) is 0 Å². The van der Waals surface area contributed by atoms with Gasteiger partial charge in [-0.25, -0.2) is 4.79 Å². The monoisotopic (exact) mass is 526 g/mol. The van der Waals surface area contributed by atoms with Gasteiger partial charge in [0.15, 0.2) is 0 Å². The van der Waals surface area contributed by atoms with E-state index in [0.717, 1.165) is 49.0 Å². The zero-order valence-corrected chi connectivity index (χ0v) is 23.8. The van der Waals surface area contributed by atoms with Gasteiger partial charge in [-0.3, -0.25) is 4.79 Å². The summed E-state index contributed by atoms with van der Waals surface area (Å²) in [6.45, 7) is 12.1. The number of esters is 2. The summed E-state index contributed by atoms with van der Waals surface area (Å²) in [7, 11) is 0. The molecule has 2 fully saturated rings. The fourth-order valence-electron chi connectivity index (χ4n) is 5.64. The normalized spacial score (nSPS) is 24.8. The van der Waals surface area contributed by atoms with Gasteiger partial charge in [-0.15, -0.1) is 0 Å². The van der Waals surface area contributed by atoms with Gasteiger partial charge in [0.05, 0.1) is 31.8 Å². The Kier molecular flexibility index (Phi) is 15.1. The summed E-state index contributed by atoms with van der Waals surface area (Å²) < 4.78 is 22.3. The van der Waals surface area contributed by atoms with E-state index in [4.69, 9.17) is 18.9 Å². The minimum atomic E-state index is -0.393. The summed E-state index contributed by atoms with van der Waals surface area (Å²) in [6, 6.07) is 0. The zero-order chi connectivity index (χ0) is 26.2. The highest BCUT2D eigenvalue weighted by molar-refractivity contribution is 7.99. The van der Waals surface area contributed by atoms with Gasteiger partial charge in [0.25, 0.3) is 0 Å². The standard InChI is InChI=1S/C29H50O6S/c1-5-7-21-36-22-16-28(31)35-20-18-33-26-14-10-24(11-15-26)29(3,4)23-8-12-25(13-9-23)32-17-19-34-27(30)6-2/h6,23-26H,2,5,7-22H2,1,3-4H3. The highest BCUT2D eigenvalue weighted by Crippen LogP contribution is 2.48. The fourth-order valence-corrected chi connectivity index (χ4v) is 6.65. The van der Waals surface area contributed by atoms with Crippen LogP contribution < -0.4 is 0 Å². The fraction of sp³-hybridized carbons (Fsp3) is 0.862. The maximum absolute atomic E-state index is 11.8. The van der Waals surface area contributed by atoms with E-state index in [1.165, 1.54) is 44.6 Å². The Morgan fingerprint density at radius 1 is 0.833 bits per heavy atom. The summed E-state index contributed by atoms with van der Waals surface area (Å²) in [4.78, 5) is 22.9. The van der Waals surface area contributed by atoms with E-state index in [-0.39, 0.29) is 12.1 Å². The number of ether oxygens (including phenoxy) is 4. The summed E-state index contributed by atoms with van der Waals surface area (Å²) in [6.07, 6.45) is 13.8. The van der Waals surface area contributed by atoms with E-state index >= 15 is 0 Å². The average Bonchev–Trinajstić information content (AvgIpc) is 2.89. The van der Waals surface area contributed by atoms with Crippen LogP contribution in [0.15, 0.2) is 12.7 Å². The molecule has 0 aromatic rings. The van der Waals surface area contributed by atoms with Gasteiger partial charge in [-0.1, -0.05) is 33.8 Å². The Bertz CT molecular complexity index is 636. The van der Waals surface area contributed by atoms with Crippen LogP contribution in [0.2, 0.25) is 0 Å². The molecule has 36 heavy (non-hydrogen) atoms. The second-order valence-corrected chi connectivity index (χ2v) is 12.0. The van der Waals surface area contributed by atoms with Gasteiger partial charge < -0.3 is 18.9 Å². The van der Waals surface area contributed by atoms with Crippen LogP contribution in [0.4, 0.5) is 0 Å². The Labute approximate surface area is 223 Å². The van der Waals surface area contributed by atoms with Crippen LogP contribution in [0.5, 0.6) is 0 Å². The first kappa shape index (κ1) is 31.2. The van der Waals surface area contributed by atoms with Crippen molar-refractivity contribution in [2.75, 3.05) is 37.9 Å². The number of unbranched alkanes of at least 4 members (excludes halogenated alkanes) is 1. The molecule has 0 aliphatic heterocycles. The first-order chi connectivity index (χ1) is 17.4. The van der Waals surface area contributed by atoms with E-state index in [9.17, 15) is 9.59 Å². The topological polar surface area (TPSA) is 71.1 Å². The second kappa shape index (κ2) is 17.5. The van der Waals surface area contributed by atoms with Gasteiger partial charge in [-0.05, 0) is 80.8 Å². The largest absolute Gasteiger partial charge is 0.463 e. The molecular weight excluding hydrogens is 476 g/mol. The number of carbonyl (C=O) groups is 2. The molecule has 0 N–H and O–H groups in total. The third kappa shape index (κ3) is 11.6. The van der Waals surface area contributed by atoms with Gasteiger partial charge in [0.1, 0.15) is 13.2 Å². The van der Waals surface area contributed by atoms with Gasteiger partial charge >= 0.3 is 11.9 Å². The zero-order valence-electron chi connectivity index (χ0n) is 23.0. The first-order valence-electron chi connectivity index (χ1n) is 14.1. The third-order valence-corrected chi connectivity index (χ3v) is 9.16. The molecule has 0 atom stereocenters. The van der Waals surface area contributed by atoms with Crippen LogP contribution in [0, 0.1) is 17.3 Å². The molecule has 0 amide bonds. The first-order valence-corrected chi connectivity index (χ1v) is 15.3. The van der Waals surface area contributed by atoms with E-state index in [1.54, 1.807) is 0 Å². The maximum atomic E-state index is 11.8. The second-order valence-electron chi connectivity index (χ2n) is 10.8. The smallest absolute Gasteiger partial charge is 0.330 e. The molecule has 208 valence electrons. The van der Waals surface area contributed by atoms with Crippen molar-refractivity contribution in [1.82, 2.24) is 0 Å². The van der Waals surface area contributed by atoms with Crippen molar-refractivity contribution in [2.45, 2.75) is 104 Å². The number of carbonyl (C=O) groups excluding carboxylic acids is 2. The van der Waals surface area contributed by atoms with E-state index in [2.05, 4.69) is 27.4 Å². The lowest BCUT2D eigenvalue weighted by atomic mass is 9.60. The Morgan fingerprint density at radius 3 is 1.86 bits per heavy atom. The van der Waals surface area contributed by atoms with Crippen molar-refractivity contribution in [3.05, 3.63) is 12.7 Å². The molecular formula is C29H50O6S. The molecule has 7 heteroatoms. The van der Waals surface area contributed by atoms with Crippen LogP contribution in [-0.2, 0) is 28.5 Å². The highest BCUT2D eigenvalue weighted by atomic mass is 32.2. The number of rotatable bonds is 17. The molecule has 2 aliphatic carbocycles. The third-order valence-electron chi connectivity index (χ3n) is 8.09. The minimum Gasteiger partial charge on any atom is -0.463 e. The van der Waals surface area contributed by atoms with Crippen molar-refractivity contribution < 1.29 is 28.5 Å². The predicted octanol–water partition coefficient (Wildman–Crippen LogP) is 6.36. The van der Waals surface area contributed by atoms with E-state index < -0.39 is 5.97 Å². The van der Waals surface area contributed by atoms with E-state index in [1.807, 2.05) is 11.8 Å². The number of hydrogen-bond acceptors (Lipinski definition) is 7. The summed E-state index contributed by atoms with van der Waals surface area (Å²) >= 11 is 1.83. The minimum absolute atomic E-state index is 0.107. The molecule has 0 aromatic heterocycles. The van der Waals surface area contributed by atoms with Crippen LogP contribution >= 0.6 is 11.8 Å². The number of hydrogen-bond donors (Lipinski definition) is 0. The van der Waals surface area contributed by atoms with Gasteiger partial charge in [-0.2, -0.15) is 11.8 Å². The lowest BCUT2D eigenvalue weighted by Gasteiger charge is -2.46. The van der Waals surface area contributed by atoms with Gasteiger partial charge in [0, 0.05) is 11.8 Å². The molecule has 2 saturated carbocycles. The molecule has 2 aliphatic rings. The maximum Gasteiger partial charge on any atom is 0.330 e. The van der Waals surface area contributed by atoms with Gasteiger partial charge in [0.2, 0.25) is 0 Å². The quantitative estimate of drug-likeness (QED) is 0.124. The molecule has 2 rings (SSSR count). The van der Waals surface area contributed by atoms with Crippen molar-refractivity contribution in [3.8, 4) is 0 Å². The molecule has 0 aromatic carbocycles. The van der Waals surface area contributed by atoms with Crippen LogP contribution in [0.1, 0.15) is 91.4 Å². The SMILES string of the molecule is C=CC(=O)OCCOC1CCC(C(C)(C)C2CCC(OCCOC(=O)CCSCCCC)CC2)CC1. The number of thioether (sulfide) groups is 1. The average molecular weight is 527 g/mol. The molecule has 0 bridgehead atoms. The molecule has 6 nitrogen and oxygen atoms in total. The molecule has 0 spiro atoms. The summed E-state index contributed by atoms with van der Waals surface area (Å²) in [5, 5.41) is 0. The Hall–Kier alpha value is -1.05. The summed E-state index contributed by atoms with van der Waals surface area (Å²) in [5.41, 5.74) is 0.320. The Morgan fingerprint density at radius 2 is 1.36 bits per heavy atom. The summed E-state index contributed by atoms with van der Waals surface area (Å²) in [5.74, 6) is 2.92. The lowest BCUT2D eigenvalue weighted by Crippen LogP contribution is -2.39. The van der Waals surface area contributed by atoms with Crippen molar-refractivity contribution >= 4 is 23.7 Å². The van der Waals surface area contributed by atoms with Crippen LogP contribution in [-0.4, -0.2) is 62.1 Å². The van der Waals surface area contributed by atoms with Crippen LogP contribution in [0.3, 0.4) is 0 Å². The van der Waals surface area contributed by atoms with Crippen molar-refractivity contribution in [3.63, 3.8) is 0 Å². The van der Waals surface area contributed by atoms with Crippen molar-refractivity contribution in [2.24, 2.45) is 17.3 Å². The predicted molar refractivity (Wildman–Crippen MR) is 146 cm³/mol. The molecule has 0 heterocycles. The van der Waals surface area contributed by atoms with Crippen molar-refractivity contribution in [1.29, 1.82) is 0 Å². The Balaban J connectivity index is 1.56. The van der Waals surface area contributed by atoms with E-state index in [0.29, 0.717) is 44.4 Å². The molecule has 0 saturated heterocycles.